The van der Waals surface area contributed by atoms with Crippen LogP contribution in [0, 0.1) is 0 Å². The van der Waals surface area contributed by atoms with Gasteiger partial charge in [-0.05, 0) is 42.2 Å². The van der Waals surface area contributed by atoms with Crippen LogP contribution in [0.25, 0.3) is 0 Å². The Bertz CT molecular complexity index is 1210. The summed E-state index contributed by atoms with van der Waals surface area (Å²) in [6.07, 6.45) is 1.14. The second kappa shape index (κ2) is 10.7. The fourth-order valence-corrected chi connectivity index (χ4v) is 4.58. The van der Waals surface area contributed by atoms with Crippen molar-refractivity contribution in [2.24, 2.45) is 0 Å². The second-order valence-electron chi connectivity index (χ2n) is 8.44. The first-order valence-electron chi connectivity index (χ1n) is 11.4. The second-order valence-corrected chi connectivity index (χ2v) is 8.44. The monoisotopic (exact) mass is 472 g/mol. The van der Waals surface area contributed by atoms with Crippen LogP contribution >= 0.6 is 0 Å². The fourth-order valence-electron chi connectivity index (χ4n) is 4.58. The number of hydrogen-bond acceptors (Lipinski definition) is 5. The summed E-state index contributed by atoms with van der Waals surface area (Å²) in [7, 11) is 0. The number of phenolic OH excluding ortho intramolecular Hbond substituents is 1. The van der Waals surface area contributed by atoms with Gasteiger partial charge in [-0.15, -0.1) is 0 Å². The zero-order valence-corrected chi connectivity index (χ0v) is 19.0. The molecule has 0 bridgehead atoms. The Labute approximate surface area is 203 Å². The summed E-state index contributed by atoms with van der Waals surface area (Å²) in [4.78, 5) is 38.4. The molecule has 8 nitrogen and oxygen atoms in total. The van der Waals surface area contributed by atoms with Gasteiger partial charge in [-0.2, -0.15) is 0 Å². The number of benzene rings is 3. The molecule has 1 aliphatic heterocycles. The van der Waals surface area contributed by atoms with E-state index in [2.05, 4.69) is 10.6 Å². The van der Waals surface area contributed by atoms with Gasteiger partial charge in [0.2, 0.25) is 5.91 Å². The zero-order valence-electron chi connectivity index (χ0n) is 19.0. The van der Waals surface area contributed by atoms with Crippen LogP contribution in [0.2, 0.25) is 0 Å². The number of rotatable bonds is 7. The van der Waals surface area contributed by atoms with Crippen LogP contribution in [-0.4, -0.2) is 34.5 Å². The highest BCUT2D eigenvalue weighted by Crippen LogP contribution is 2.45. The lowest BCUT2D eigenvalue weighted by molar-refractivity contribution is -0.304. The number of carbonyl (C=O) groups is 3. The smallest absolute Gasteiger partial charge is 0.319 e. The van der Waals surface area contributed by atoms with Crippen LogP contribution in [-0.2, 0) is 16.0 Å². The van der Waals surface area contributed by atoms with E-state index in [1.54, 1.807) is 35.2 Å². The van der Waals surface area contributed by atoms with Crippen LogP contribution in [0.5, 0.6) is 5.75 Å². The van der Waals surface area contributed by atoms with Crippen molar-refractivity contribution in [3.63, 3.8) is 0 Å². The Balaban J connectivity index is 1.47. The van der Waals surface area contributed by atoms with Gasteiger partial charge in [0.15, 0.2) is 0 Å². The van der Waals surface area contributed by atoms with Crippen molar-refractivity contribution in [2.45, 2.75) is 31.3 Å². The number of carbonyl (C=O) groups excluding carboxylic acids is 3. The lowest BCUT2D eigenvalue weighted by atomic mass is 10.0. The van der Waals surface area contributed by atoms with Crippen molar-refractivity contribution in [1.82, 2.24) is 10.2 Å². The van der Waals surface area contributed by atoms with Gasteiger partial charge >= 0.3 is 6.03 Å². The number of urea groups is 1. The molecule has 2 unspecified atom stereocenters. The number of carboxylic acids is 1. The number of amides is 3. The van der Waals surface area contributed by atoms with Gasteiger partial charge in [0.1, 0.15) is 5.75 Å². The van der Waals surface area contributed by atoms with Crippen LogP contribution in [0.4, 0.5) is 10.5 Å². The molecule has 0 aliphatic carbocycles. The third-order valence-electron chi connectivity index (χ3n) is 6.09. The molecule has 0 saturated carbocycles. The lowest BCUT2D eigenvalue weighted by Gasteiger charge is -2.31. The first-order chi connectivity index (χ1) is 16.9. The zero-order chi connectivity index (χ0) is 24.8. The standard InChI is InChI=1S/C27H27N3O5/c31-24-12-5-4-11-21(24)23-14-13-22(19-8-2-1-3-9-19)30(23)25(32)17-28-27(35)29-20-10-6-7-18(15-20)16-26(33)34/h1-12,15,22-23,31H,13-14,16-17H2,(H,33,34)(H2,28,29,35)/p-1. The van der Waals surface area contributed by atoms with E-state index in [1.807, 2.05) is 42.5 Å². The van der Waals surface area contributed by atoms with Crippen LogP contribution in [0.3, 0.4) is 0 Å². The number of hydrogen-bond donors (Lipinski definition) is 3. The summed E-state index contributed by atoms with van der Waals surface area (Å²) in [6.45, 7) is -0.238. The third-order valence-corrected chi connectivity index (χ3v) is 6.09. The molecule has 2 atom stereocenters. The molecule has 4 rings (SSSR count). The highest BCUT2D eigenvalue weighted by Gasteiger charge is 2.39. The molecule has 3 aromatic rings. The van der Waals surface area contributed by atoms with Crippen molar-refractivity contribution >= 4 is 23.6 Å². The Kier molecular flexibility index (Phi) is 7.30. The van der Waals surface area contributed by atoms with Crippen molar-refractivity contribution in [2.75, 3.05) is 11.9 Å². The van der Waals surface area contributed by atoms with Gasteiger partial charge in [0, 0.05) is 23.6 Å². The number of nitrogens with zero attached hydrogens (tertiary/aromatic N) is 1. The first-order valence-corrected chi connectivity index (χ1v) is 11.4. The maximum Gasteiger partial charge on any atom is 0.319 e. The molecule has 35 heavy (non-hydrogen) atoms. The molecular weight excluding hydrogens is 446 g/mol. The maximum atomic E-state index is 13.4. The van der Waals surface area contributed by atoms with Crippen molar-refractivity contribution < 1.29 is 24.6 Å². The summed E-state index contributed by atoms with van der Waals surface area (Å²) in [5.41, 5.74) is 2.57. The minimum absolute atomic E-state index is 0.131. The van der Waals surface area contributed by atoms with Gasteiger partial charge in [0.05, 0.1) is 18.6 Å². The molecule has 0 aromatic heterocycles. The largest absolute Gasteiger partial charge is 0.550 e. The van der Waals surface area contributed by atoms with E-state index < -0.39 is 12.0 Å². The van der Waals surface area contributed by atoms with Crippen LogP contribution < -0.4 is 15.7 Å². The highest BCUT2D eigenvalue weighted by molar-refractivity contribution is 5.92. The Hall–Kier alpha value is -4.33. The number of para-hydroxylation sites is 1. The number of aliphatic carboxylic acids is 1. The predicted molar refractivity (Wildman–Crippen MR) is 128 cm³/mol. The van der Waals surface area contributed by atoms with Gasteiger partial charge in [-0.3, -0.25) is 4.79 Å². The topological polar surface area (TPSA) is 122 Å². The third kappa shape index (κ3) is 5.78. The lowest BCUT2D eigenvalue weighted by Crippen LogP contribution is -2.42. The van der Waals surface area contributed by atoms with E-state index in [-0.39, 0.29) is 36.7 Å². The molecule has 1 heterocycles. The molecule has 3 aromatic carbocycles. The summed E-state index contributed by atoms with van der Waals surface area (Å²) in [5.74, 6) is -1.36. The van der Waals surface area contributed by atoms with Crippen molar-refractivity contribution in [3.8, 4) is 5.75 Å². The molecule has 1 saturated heterocycles. The molecule has 1 fully saturated rings. The molecule has 1 aliphatic rings. The SMILES string of the molecule is O=C([O-])Cc1cccc(NC(=O)NCC(=O)N2C(c3ccccc3)CCC2c2ccccc2O)c1. The Morgan fingerprint density at radius 2 is 1.63 bits per heavy atom. The summed E-state index contributed by atoms with van der Waals surface area (Å²) >= 11 is 0. The van der Waals surface area contributed by atoms with E-state index >= 15 is 0 Å². The summed E-state index contributed by atoms with van der Waals surface area (Å²) < 4.78 is 0. The molecule has 0 radical (unpaired) electrons. The molecule has 3 amide bonds. The van der Waals surface area contributed by atoms with E-state index in [1.165, 1.54) is 6.07 Å². The normalized spacial score (nSPS) is 17.1. The molecular formula is C27H26N3O5-. The number of carboxylic acid groups (broad SMARTS) is 1. The van der Waals surface area contributed by atoms with Crippen molar-refractivity contribution in [3.05, 3.63) is 95.6 Å². The van der Waals surface area contributed by atoms with Gasteiger partial charge in [-0.1, -0.05) is 60.7 Å². The quantitative estimate of drug-likeness (QED) is 0.488. The number of aromatic hydroxyl groups is 1. The van der Waals surface area contributed by atoms with E-state index in [9.17, 15) is 24.6 Å². The molecule has 180 valence electrons. The summed E-state index contributed by atoms with van der Waals surface area (Å²) in [6, 6.07) is 22.0. The van der Waals surface area contributed by atoms with Crippen molar-refractivity contribution in [1.29, 1.82) is 0 Å². The Morgan fingerprint density at radius 3 is 2.37 bits per heavy atom. The van der Waals surface area contributed by atoms with Gasteiger partial charge in [0.25, 0.3) is 0 Å². The van der Waals surface area contributed by atoms with E-state index in [0.29, 0.717) is 23.2 Å². The summed E-state index contributed by atoms with van der Waals surface area (Å²) in [5, 5.41) is 26.5. The fraction of sp³-hybridized carbons (Fsp3) is 0.222. The minimum atomic E-state index is -1.21. The van der Waals surface area contributed by atoms with Crippen LogP contribution in [0.1, 0.15) is 41.6 Å². The van der Waals surface area contributed by atoms with Gasteiger partial charge in [-0.25, -0.2) is 4.79 Å². The first kappa shape index (κ1) is 23.8. The van der Waals surface area contributed by atoms with E-state index in [4.69, 9.17) is 0 Å². The average Bonchev–Trinajstić information content (AvgIpc) is 3.28. The maximum absolute atomic E-state index is 13.4. The average molecular weight is 473 g/mol. The van der Waals surface area contributed by atoms with Crippen LogP contribution in [0.15, 0.2) is 78.9 Å². The number of nitrogens with one attached hydrogen (secondary N) is 2. The molecule has 0 spiro atoms. The molecule has 8 heteroatoms. The minimum Gasteiger partial charge on any atom is -0.550 e. The van der Waals surface area contributed by atoms with E-state index in [0.717, 1.165) is 12.0 Å². The number of phenols is 1. The number of likely N-dealkylation sites (tertiary alicyclic amines) is 1. The molecule has 3 N–H and O–H groups in total. The number of anilines is 1. The predicted octanol–water partition coefficient (Wildman–Crippen LogP) is 2.91. The Morgan fingerprint density at radius 1 is 0.914 bits per heavy atom. The van der Waals surface area contributed by atoms with Gasteiger partial charge < -0.3 is 30.5 Å². The highest BCUT2D eigenvalue weighted by atomic mass is 16.4.